The third kappa shape index (κ3) is 3.64. The lowest BCUT2D eigenvalue weighted by atomic mass is 10.1. The minimum absolute atomic E-state index is 0.114. The van der Waals surface area contributed by atoms with Crippen LogP contribution in [-0.2, 0) is 4.79 Å². The van der Waals surface area contributed by atoms with Crippen molar-refractivity contribution in [2.24, 2.45) is 0 Å². The monoisotopic (exact) mass is 354 g/mol. The van der Waals surface area contributed by atoms with Gasteiger partial charge in [-0.05, 0) is 38.1 Å². The molecule has 1 aliphatic rings. The van der Waals surface area contributed by atoms with Gasteiger partial charge in [0, 0.05) is 13.1 Å². The van der Waals surface area contributed by atoms with Crippen LogP contribution < -0.4 is 14.8 Å². The van der Waals surface area contributed by atoms with Crippen molar-refractivity contribution in [3.8, 4) is 11.5 Å². The number of carbonyl (C=O) groups is 2. The molecule has 0 bridgehead atoms. The van der Waals surface area contributed by atoms with Gasteiger partial charge in [-0.1, -0.05) is 24.3 Å². The summed E-state index contributed by atoms with van der Waals surface area (Å²) in [5.41, 5.74) is 0.929. The van der Waals surface area contributed by atoms with Crippen LogP contribution in [0.3, 0.4) is 0 Å². The van der Waals surface area contributed by atoms with Crippen LogP contribution in [0.5, 0.6) is 11.5 Å². The number of ether oxygens (including phenoxy) is 2. The van der Waals surface area contributed by atoms with Crippen molar-refractivity contribution in [3.63, 3.8) is 0 Å². The molecule has 1 N–H and O–H groups in total. The third-order valence-electron chi connectivity index (χ3n) is 4.27. The number of carbonyl (C=O) groups excluding carboxylic acids is 2. The van der Waals surface area contributed by atoms with Crippen LogP contribution in [0.25, 0.3) is 0 Å². The van der Waals surface area contributed by atoms with Crippen molar-refractivity contribution in [1.82, 2.24) is 4.90 Å². The summed E-state index contributed by atoms with van der Waals surface area (Å²) in [6.45, 7) is 5.18. The average Bonchev–Trinajstić information content (AvgIpc) is 2.68. The summed E-state index contributed by atoms with van der Waals surface area (Å²) in [6, 6.07) is 14.2. The predicted molar refractivity (Wildman–Crippen MR) is 98.7 cm³/mol. The number of nitrogens with one attached hydrogen (secondary N) is 1. The van der Waals surface area contributed by atoms with Gasteiger partial charge in [0.2, 0.25) is 6.10 Å². The molecule has 1 atom stereocenters. The van der Waals surface area contributed by atoms with Gasteiger partial charge in [0.15, 0.2) is 11.5 Å². The normalized spacial score (nSPS) is 15.2. The fourth-order valence-electron chi connectivity index (χ4n) is 2.82. The molecule has 3 rings (SSSR count). The zero-order chi connectivity index (χ0) is 18.5. The van der Waals surface area contributed by atoms with E-state index in [1.807, 2.05) is 26.0 Å². The molecular formula is C20H22N2O4. The predicted octanol–water partition coefficient (Wildman–Crippen LogP) is 2.95. The summed E-state index contributed by atoms with van der Waals surface area (Å²) in [4.78, 5) is 27.0. The summed E-state index contributed by atoms with van der Waals surface area (Å²) in [7, 11) is 0. The third-order valence-corrected chi connectivity index (χ3v) is 4.27. The van der Waals surface area contributed by atoms with Crippen molar-refractivity contribution < 1.29 is 19.1 Å². The van der Waals surface area contributed by atoms with Gasteiger partial charge >= 0.3 is 0 Å². The molecule has 0 saturated carbocycles. The highest BCUT2D eigenvalue weighted by molar-refractivity contribution is 6.04. The minimum Gasteiger partial charge on any atom is -0.485 e. The maximum atomic E-state index is 12.7. The van der Waals surface area contributed by atoms with E-state index in [2.05, 4.69) is 5.32 Å². The number of benzene rings is 2. The van der Waals surface area contributed by atoms with E-state index in [0.717, 1.165) is 0 Å². The molecule has 1 heterocycles. The second kappa shape index (κ2) is 7.91. The van der Waals surface area contributed by atoms with Crippen molar-refractivity contribution in [3.05, 3.63) is 54.1 Å². The quantitative estimate of drug-likeness (QED) is 0.896. The number of nitrogens with zero attached hydrogens (tertiary/aromatic N) is 1. The number of anilines is 1. The van der Waals surface area contributed by atoms with E-state index < -0.39 is 6.10 Å². The lowest BCUT2D eigenvalue weighted by molar-refractivity contribution is -0.125. The molecule has 0 fully saturated rings. The summed E-state index contributed by atoms with van der Waals surface area (Å²) < 4.78 is 11.3. The Hall–Kier alpha value is -3.02. The lowest BCUT2D eigenvalue weighted by Crippen LogP contribution is -2.40. The number of hydrogen-bond acceptors (Lipinski definition) is 4. The Bertz CT molecular complexity index is 802. The molecule has 26 heavy (non-hydrogen) atoms. The van der Waals surface area contributed by atoms with E-state index in [4.69, 9.17) is 9.47 Å². The number of amides is 2. The Morgan fingerprint density at radius 1 is 1.04 bits per heavy atom. The molecule has 0 aromatic heterocycles. The van der Waals surface area contributed by atoms with Gasteiger partial charge in [0.1, 0.15) is 6.61 Å². The number of para-hydroxylation sites is 3. The molecule has 1 aliphatic heterocycles. The SMILES string of the molecule is CCN(CC)C(=O)c1ccccc1NC(=O)[C@H]1COc2ccccc2O1. The fraction of sp³-hybridized carbons (Fsp3) is 0.300. The van der Waals surface area contributed by atoms with Crippen molar-refractivity contribution in [2.45, 2.75) is 20.0 Å². The van der Waals surface area contributed by atoms with Gasteiger partial charge in [-0.2, -0.15) is 0 Å². The number of fused-ring (bicyclic) bond motifs is 1. The Labute approximate surface area is 152 Å². The maximum absolute atomic E-state index is 12.7. The second-order valence-electron chi connectivity index (χ2n) is 5.88. The maximum Gasteiger partial charge on any atom is 0.269 e. The van der Waals surface area contributed by atoms with Crippen LogP contribution in [0.4, 0.5) is 5.69 Å². The molecule has 6 nitrogen and oxygen atoms in total. The fourth-order valence-corrected chi connectivity index (χ4v) is 2.82. The molecule has 6 heteroatoms. The molecule has 0 saturated heterocycles. The zero-order valence-electron chi connectivity index (χ0n) is 14.9. The first kappa shape index (κ1) is 17.8. The summed E-state index contributed by atoms with van der Waals surface area (Å²) in [6.07, 6.45) is -0.776. The Balaban J connectivity index is 1.75. The van der Waals surface area contributed by atoms with Gasteiger partial charge in [-0.15, -0.1) is 0 Å². The standard InChI is InChI=1S/C20H22N2O4/c1-3-22(4-2)20(24)14-9-5-6-10-15(14)21-19(23)18-13-25-16-11-7-8-12-17(16)26-18/h5-12,18H,3-4,13H2,1-2H3,(H,21,23)/t18-/m1/s1. The Morgan fingerprint density at radius 3 is 2.42 bits per heavy atom. The van der Waals surface area contributed by atoms with Gasteiger partial charge in [0.05, 0.1) is 11.3 Å². The lowest BCUT2D eigenvalue weighted by Gasteiger charge is -2.26. The van der Waals surface area contributed by atoms with Gasteiger partial charge in [0.25, 0.3) is 11.8 Å². The summed E-state index contributed by atoms with van der Waals surface area (Å²) in [5, 5.41) is 2.80. The van der Waals surface area contributed by atoms with Crippen LogP contribution >= 0.6 is 0 Å². The molecule has 2 amide bonds. The van der Waals surface area contributed by atoms with Crippen LogP contribution in [0, 0.1) is 0 Å². The zero-order valence-corrected chi connectivity index (χ0v) is 14.9. The molecule has 2 aromatic carbocycles. The molecule has 0 spiro atoms. The first-order valence-electron chi connectivity index (χ1n) is 8.71. The van der Waals surface area contributed by atoms with Crippen LogP contribution in [-0.4, -0.2) is 42.5 Å². The first-order valence-corrected chi connectivity index (χ1v) is 8.71. The topological polar surface area (TPSA) is 67.9 Å². The average molecular weight is 354 g/mol. The van der Waals surface area contributed by atoms with Gasteiger partial charge in [-0.25, -0.2) is 0 Å². The van der Waals surface area contributed by atoms with E-state index in [1.165, 1.54) is 0 Å². The van der Waals surface area contributed by atoms with E-state index in [-0.39, 0.29) is 18.4 Å². The smallest absolute Gasteiger partial charge is 0.269 e. The van der Waals surface area contributed by atoms with Gasteiger partial charge < -0.3 is 19.7 Å². The highest BCUT2D eigenvalue weighted by Crippen LogP contribution is 2.31. The summed E-state index contributed by atoms with van der Waals surface area (Å²) in [5.74, 6) is 0.691. The molecule has 2 aromatic rings. The van der Waals surface area contributed by atoms with E-state index in [9.17, 15) is 9.59 Å². The molecular weight excluding hydrogens is 332 g/mol. The van der Waals surface area contributed by atoms with Crippen LogP contribution in [0.2, 0.25) is 0 Å². The largest absolute Gasteiger partial charge is 0.485 e. The minimum atomic E-state index is -0.776. The van der Waals surface area contributed by atoms with E-state index >= 15 is 0 Å². The van der Waals surface area contributed by atoms with Crippen molar-refractivity contribution in [2.75, 3.05) is 25.0 Å². The highest BCUT2D eigenvalue weighted by Gasteiger charge is 2.28. The molecule has 0 aliphatic carbocycles. The van der Waals surface area contributed by atoms with Crippen LogP contribution in [0.15, 0.2) is 48.5 Å². The molecule has 0 unspecified atom stereocenters. The molecule has 136 valence electrons. The Kier molecular flexibility index (Phi) is 5.41. The number of rotatable bonds is 5. The highest BCUT2D eigenvalue weighted by atomic mass is 16.6. The molecule has 0 radical (unpaired) electrons. The first-order chi connectivity index (χ1) is 12.6. The second-order valence-corrected chi connectivity index (χ2v) is 5.88. The Morgan fingerprint density at radius 2 is 1.69 bits per heavy atom. The van der Waals surface area contributed by atoms with Crippen LogP contribution in [0.1, 0.15) is 24.2 Å². The van der Waals surface area contributed by atoms with Gasteiger partial charge in [-0.3, -0.25) is 9.59 Å². The van der Waals surface area contributed by atoms with E-state index in [0.29, 0.717) is 35.8 Å². The van der Waals surface area contributed by atoms with Crippen molar-refractivity contribution >= 4 is 17.5 Å². The summed E-state index contributed by atoms with van der Waals surface area (Å²) >= 11 is 0. The number of hydrogen-bond donors (Lipinski definition) is 1. The van der Waals surface area contributed by atoms with Crippen molar-refractivity contribution in [1.29, 1.82) is 0 Å². The van der Waals surface area contributed by atoms with E-state index in [1.54, 1.807) is 41.3 Å².